The number of amidine groups is 1. The average Bonchev–Trinajstić information content (AvgIpc) is 2.43. The van der Waals surface area contributed by atoms with E-state index < -0.39 is 0 Å². The van der Waals surface area contributed by atoms with E-state index in [9.17, 15) is 0 Å². The Hall–Kier alpha value is -1.59. The predicted octanol–water partition coefficient (Wildman–Crippen LogP) is 0.831. The van der Waals surface area contributed by atoms with Crippen LogP contribution in [0.4, 0.5) is 0 Å². The van der Waals surface area contributed by atoms with Crippen LogP contribution < -0.4 is 5.73 Å². The molecule has 4 N–H and O–H groups in total. The maximum absolute atomic E-state index is 8.99. The Morgan fingerprint density at radius 2 is 2.06 bits per heavy atom. The molecule has 0 saturated heterocycles. The third-order valence-corrected chi connectivity index (χ3v) is 2.98. The highest BCUT2D eigenvalue weighted by atomic mass is 16.4. The van der Waals surface area contributed by atoms with Crippen LogP contribution in [0, 0.1) is 0 Å². The van der Waals surface area contributed by atoms with Gasteiger partial charge in [-0.3, -0.25) is 0 Å². The second-order valence-electron chi connectivity index (χ2n) is 4.10. The van der Waals surface area contributed by atoms with Gasteiger partial charge in [0, 0.05) is 13.1 Å². The van der Waals surface area contributed by atoms with Gasteiger partial charge in [0.2, 0.25) is 0 Å². The minimum Gasteiger partial charge on any atom is -0.409 e. The third kappa shape index (κ3) is 4.01. The average molecular weight is 251 g/mol. The lowest BCUT2D eigenvalue weighted by Gasteiger charge is -2.25. The van der Waals surface area contributed by atoms with Gasteiger partial charge < -0.3 is 20.9 Å². The fraction of sp³-hybridized carbons (Fsp3) is 0.462. The zero-order chi connectivity index (χ0) is 13.4. The summed E-state index contributed by atoms with van der Waals surface area (Å²) in [5, 5.41) is 21.0. The third-order valence-electron chi connectivity index (χ3n) is 2.98. The molecule has 100 valence electrons. The van der Waals surface area contributed by atoms with Crippen molar-refractivity contribution in [3.8, 4) is 0 Å². The number of nitrogens with two attached hydrogens (primary N) is 1. The molecule has 0 aliphatic carbocycles. The van der Waals surface area contributed by atoms with Crippen molar-refractivity contribution in [3.05, 3.63) is 35.9 Å². The quantitative estimate of drug-likeness (QED) is 0.290. The molecule has 0 amide bonds. The molecule has 0 aromatic heterocycles. The van der Waals surface area contributed by atoms with E-state index in [0.29, 0.717) is 13.1 Å². The first-order valence-electron chi connectivity index (χ1n) is 6.08. The molecule has 1 aromatic carbocycles. The van der Waals surface area contributed by atoms with Crippen molar-refractivity contribution < 1.29 is 10.3 Å². The van der Waals surface area contributed by atoms with E-state index in [1.165, 1.54) is 0 Å². The molecule has 0 aliphatic heterocycles. The number of aliphatic hydroxyl groups excluding tert-OH is 1. The van der Waals surface area contributed by atoms with Gasteiger partial charge in [-0.05, 0) is 12.1 Å². The minimum atomic E-state index is -0.164. The minimum absolute atomic E-state index is 0.103. The summed E-state index contributed by atoms with van der Waals surface area (Å²) in [6.07, 6.45) is 0. The number of oxime groups is 1. The number of hydrogen-bond acceptors (Lipinski definition) is 4. The van der Waals surface area contributed by atoms with Crippen LogP contribution in [0.25, 0.3) is 0 Å². The van der Waals surface area contributed by atoms with Crippen molar-refractivity contribution in [2.45, 2.75) is 12.8 Å². The van der Waals surface area contributed by atoms with Crippen LogP contribution >= 0.6 is 0 Å². The van der Waals surface area contributed by atoms with Crippen LogP contribution in [-0.2, 0) is 0 Å². The van der Waals surface area contributed by atoms with E-state index in [0.717, 1.165) is 12.1 Å². The molecule has 1 unspecified atom stereocenters. The van der Waals surface area contributed by atoms with Crippen LogP contribution in [0.1, 0.15) is 18.4 Å². The highest BCUT2D eigenvalue weighted by Crippen LogP contribution is 2.17. The van der Waals surface area contributed by atoms with Gasteiger partial charge in [-0.25, -0.2) is 0 Å². The highest BCUT2D eigenvalue weighted by Gasteiger charge is 2.19. The monoisotopic (exact) mass is 251 g/mol. The zero-order valence-corrected chi connectivity index (χ0v) is 10.7. The maximum atomic E-state index is 8.99. The Morgan fingerprint density at radius 3 is 2.56 bits per heavy atom. The van der Waals surface area contributed by atoms with Crippen LogP contribution in [-0.4, -0.2) is 47.3 Å². The number of likely N-dealkylation sites (N-methyl/N-ethyl adjacent to an activating group) is 1. The Kier molecular flexibility index (Phi) is 6.18. The number of rotatable bonds is 7. The molecular formula is C13H21N3O2. The summed E-state index contributed by atoms with van der Waals surface area (Å²) in [6.45, 7) is 4.13. The summed E-state index contributed by atoms with van der Waals surface area (Å²) < 4.78 is 0. The Bertz CT molecular complexity index is 368. The van der Waals surface area contributed by atoms with Crippen molar-refractivity contribution >= 4 is 5.84 Å². The molecule has 5 heteroatoms. The Morgan fingerprint density at radius 1 is 1.39 bits per heavy atom. The molecule has 0 spiro atoms. The van der Waals surface area contributed by atoms with E-state index in [1.807, 2.05) is 37.3 Å². The van der Waals surface area contributed by atoms with Crippen molar-refractivity contribution in [1.82, 2.24) is 4.90 Å². The van der Waals surface area contributed by atoms with E-state index >= 15 is 0 Å². The van der Waals surface area contributed by atoms with Crippen molar-refractivity contribution in [3.63, 3.8) is 0 Å². The molecule has 18 heavy (non-hydrogen) atoms. The fourth-order valence-corrected chi connectivity index (χ4v) is 1.90. The molecule has 5 nitrogen and oxygen atoms in total. The topological polar surface area (TPSA) is 82.1 Å². The summed E-state index contributed by atoms with van der Waals surface area (Å²) in [5.41, 5.74) is 6.76. The summed E-state index contributed by atoms with van der Waals surface area (Å²) in [6, 6.07) is 9.69. The molecule has 1 atom stereocenters. The van der Waals surface area contributed by atoms with Gasteiger partial charge in [-0.15, -0.1) is 0 Å². The number of aliphatic hydroxyl groups is 1. The smallest absolute Gasteiger partial charge is 0.147 e. The first-order chi connectivity index (χ1) is 8.72. The van der Waals surface area contributed by atoms with E-state index in [1.54, 1.807) is 0 Å². The predicted molar refractivity (Wildman–Crippen MR) is 71.8 cm³/mol. The lowest BCUT2D eigenvalue weighted by atomic mass is 9.97. The first-order valence-corrected chi connectivity index (χ1v) is 6.08. The van der Waals surface area contributed by atoms with E-state index in [4.69, 9.17) is 16.0 Å². The molecule has 0 aliphatic rings. The van der Waals surface area contributed by atoms with Crippen LogP contribution in [0.2, 0.25) is 0 Å². The van der Waals surface area contributed by atoms with Gasteiger partial charge in [0.05, 0.1) is 12.5 Å². The van der Waals surface area contributed by atoms with Crippen LogP contribution in [0.5, 0.6) is 0 Å². The normalized spacial score (nSPS) is 13.8. The first kappa shape index (κ1) is 14.5. The number of benzene rings is 1. The molecule has 0 fully saturated rings. The second-order valence-corrected chi connectivity index (χ2v) is 4.10. The lowest BCUT2D eigenvalue weighted by molar-refractivity contribution is 0.200. The summed E-state index contributed by atoms with van der Waals surface area (Å²) in [5.74, 6) is 0.0280. The standard InChI is InChI=1S/C13H21N3O2/c1-2-16(8-9-17)10-12(13(14)15-18)11-6-4-3-5-7-11/h3-7,12,17-18H,2,8-10H2,1H3,(H2,14,15). The van der Waals surface area contributed by atoms with Gasteiger partial charge >= 0.3 is 0 Å². The largest absolute Gasteiger partial charge is 0.409 e. The van der Waals surface area contributed by atoms with Crippen molar-refractivity contribution in [2.24, 2.45) is 10.9 Å². The van der Waals surface area contributed by atoms with E-state index in [-0.39, 0.29) is 18.4 Å². The number of hydrogen-bond donors (Lipinski definition) is 3. The van der Waals surface area contributed by atoms with Gasteiger partial charge in [0.1, 0.15) is 5.84 Å². The zero-order valence-electron chi connectivity index (χ0n) is 10.7. The van der Waals surface area contributed by atoms with Crippen LogP contribution in [0.15, 0.2) is 35.5 Å². The fourth-order valence-electron chi connectivity index (χ4n) is 1.90. The Labute approximate surface area is 108 Å². The molecule has 0 bridgehead atoms. The molecule has 0 heterocycles. The van der Waals surface area contributed by atoms with Gasteiger partial charge in [0.15, 0.2) is 0 Å². The summed E-state index contributed by atoms with van der Waals surface area (Å²) in [7, 11) is 0. The summed E-state index contributed by atoms with van der Waals surface area (Å²) >= 11 is 0. The van der Waals surface area contributed by atoms with Gasteiger partial charge in [-0.1, -0.05) is 42.4 Å². The molecule has 0 radical (unpaired) electrons. The van der Waals surface area contributed by atoms with Gasteiger partial charge in [0.25, 0.3) is 0 Å². The van der Waals surface area contributed by atoms with Gasteiger partial charge in [-0.2, -0.15) is 0 Å². The summed E-state index contributed by atoms with van der Waals surface area (Å²) in [4.78, 5) is 2.07. The molecule has 0 saturated carbocycles. The van der Waals surface area contributed by atoms with Crippen LogP contribution in [0.3, 0.4) is 0 Å². The van der Waals surface area contributed by atoms with E-state index in [2.05, 4.69) is 10.1 Å². The SMILES string of the molecule is CCN(CCO)CC(C(N)=NO)c1ccccc1. The highest BCUT2D eigenvalue weighted by molar-refractivity contribution is 5.87. The molecule has 1 rings (SSSR count). The lowest BCUT2D eigenvalue weighted by Crippen LogP contribution is -2.36. The number of nitrogens with zero attached hydrogens (tertiary/aromatic N) is 2. The van der Waals surface area contributed by atoms with Crippen molar-refractivity contribution in [2.75, 3.05) is 26.2 Å². The maximum Gasteiger partial charge on any atom is 0.147 e. The molecular weight excluding hydrogens is 230 g/mol. The Balaban J connectivity index is 2.86. The second kappa shape index (κ2) is 7.68. The van der Waals surface area contributed by atoms with Crippen molar-refractivity contribution in [1.29, 1.82) is 0 Å². The molecule has 1 aromatic rings.